The zero-order valence-corrected chi connectivity index (χ0v) is 15.0. The highest BCUT2D eigenvalue weighted by molar-refractivity contribution is 5.81. The third-order valence-electron chi connectivity index (χ3n) is 4.42. The molecule has 0 bridgehead atoms. The van der Waals surface area contributed by atoms with E-state index in [-0.39, 0.29) is 18.6 Å². The van der Waals surface area contributed by atoms with E-state index in [4.69, 9.17) is 9.84 Å². The molecule has 0 radical (unpaired) electrons. The number of ether oxygens (including phenoxy) is 1. The second-order valence-corrected chi connectivity index (χ2v) is 6.98. The summed E-state index contributed by atoms with van der Waals surface area (Å²) in [6.45, 7) is 9.13. The van der Waals surface area contributed by atoms with Gasteiger partial charge in [-0.1, -0.05) is 19.1 Å². The minimum Gasteiger partial charge on any atom is -0.481 e. The molecule has 2 N–H and O–H groups in total. The van der Waals surface area contributed by atoms with Gasteiger partial charge in [0, 0.05) is 19.1 Å². The maximum absolute atomic E-state index is 12.3. The molecule has 1 aliphatic heterocycles. The lowest BCUT2D eigenvalue weighted by Crippen LogP contribution is -2.48. The van der Waals surface area contributed by atoms with Gasteiger partial charge in [0.05, 0.1) is 6.61 Å². The Labute approximate surface area is 145 Å². The molecule has 1 aliphatic rings. The number of piperidine rings is 1. The Morgan fingerprint density at radius 3 is 2.96 bits per heavy atom. The van der Waals surface area contributed by atoms with Crippen molar-refractivity contribution in [3.05, 3.63) is 29.8 Å². The number of aliphatic hydroxyl groups excluding tert-OH is 1. The molecule has 3 atom stereocenters. The van der Waals surface area contributed by atoms with Crippen molar-refractivity contribution in [3.63, 3.8) is 0 Å². The summed E-state index contributed by atoms with van der Waals surface area (Å²) in [5.74, 6) is 1.23. The fourth-order valence-corrected chi connectivity index (χ4v) is 3.22. The van der Waals surface area contributed by atoms with Gasteiger partial charge in [-0.25, -0.2) is 0 Å². The van der Waals surface area contributed by atoms with Crippen LogP contribution in [0.25, 0.3) is 0 Å². The summed E-state index contributed by atoms with van der Waals surface area (Å²) in [4.78, 5) is 14.7. The Hall–Kier alpha value is -1.59. The molecule has 1 heterocycles. The summed E-state index contributed by atoms with van der Waals surface area (Å²) < 4.78 is 5.69. The van der Waals surface area contributed by atoms with Crippen molar-refractivity contribution in [1.82, 2.24) is 10.2 Å². The number of aliphatic hydroxyl groups is 1. The van der Waals surface area contributed by atoms with Crippen molar-refractivity contribution in [2.45, 2.75) is 52.4 Å². The number of rotatable bonds is 7. The molecule has 2 rings (SSSR count). The molecule has 5 nitrogen and oxygen atoms in total. The number of hydrogen-bond donors (Lipinski definition) is 2. The first kappa shape index (κ1) is 18.7. The van der Waals surface area contributed by atoms with E-state index in [0.29, 0.717) is 5.75 Å². The molecule has 1 aromatic carbocycles. The lowest BCUT2D eigenvalue weighted by Gasteiger charge is -2.33. The van der Waals surface area contributed by atoms with Gasteiger partial charge in [-0.3, -0.25) is 4.79 Å². The Morgan fingerprint density at radius 1 is 1.46 bits per heavy atom. The number of amides is 1. The SMILES string of the molecule is CC1CCCN(CC(C)NC(=O)C(C)Oc2cccc(CO)c2)C1. The largest absolute Gasteiger partial charge is 0.481 e. The monoisotopic (exact) mass is 334 g/mol. The first-order chi connectivity index (χ1) is 11.5. The van der Waals surface area contributed by atoms with E-state index < -0.39 is 6.10 Å². The lowest BCUT2D eigenvalue weighted by atomic mass is 10.00. The highest BCUT2D eigenvalue weighted by Gasteiger charge is 2.21. The number of nitrogens with one attached hydrogen (secondary N) is 1. The number of hydrogen-bond acceptors (Lipinski definition) is 4. The van der Waals surface area contributed by atoms with Crippen molar-refractivity contribution in [3.8, 4) is 5.75 Å². The van der Waals surface area contributed by atoms with E-state index in [9.17, 15) is 4.79 Å². The molecule has 3 unspecified atom stereocenters. The quantitative estimate of drug-likeness (QED) is 0.802. The molecule has 0 aromatic heterocycles. The first-order valence-electron chi connectivity index (χ1n) is 8.87. The molecule has 1 aromatic rings. The minimum atomic E-state index is -0.568. The Morgan fingerprint density at radius 2 is 2.25 bits per heavy atom. The van der Waals surface area contributed by atoms with Crippen molar-refractivity contribution < 1.29 is 14.6 Å². The van der Waals surface area contributed by atoms with Crippen LogP contribution in [-0.2, 0) is 11.4 Å². The van der Waals surface area contributed by atoms with Crippen LogP contribution in [-0.4, -0.2) is 47.7 Å². The minimum absolute atomic E-state index is 0.0386. The number of carbonyl (C=O) groups excluding carboxylic acids is 1. The van der Waals surface area contributed by atoms with E-state index in [0.717, 1.165) is 31.1 Å². The Kier molecular flexibility index (Phi) is 7.06. The highest BCUT2D eigenvalue weighted by atomic mass is 16.5. The normalized spacial score (nSPS) is 21.1. The van der Waals surface area contributed by atoms with E-state index in [1.807, 2.05) is 19.1 Å². The smallest absolute Gasteiger partial charge is 0.261 e. The van der Waals surface area contributed by atoms with Gasteiger partial charge < -0.3 is 20.1 Å². The molecular formula is C19H30N2O3. The van der Waals surface area contributed by atoms with Gasteiger partial charge in [-0.15, -0.1) is 0 Å². The molecular weight excluding hydrogens is 304 g/mol. The van der Waals surface area contributed by atoms with Gasteiger partial charge in [0.1, 0.15) is 5.75 Å². The van der Waals surface area contributed by atoms with Crippen LogP contribution >= 0.6 is 0 Å². The number of benzene rings is 1. The highest BCUT2D eigenvalue weighted by Crippen LogP contribution is 2.16. The predicted octanol–water partition coefficient (Wildman–Crippen LogP) is 2.18. The third-order valence-corrected chi connectivity index (χ3v) is 4.42. The van der Waals surface area contributed by atoms with Crippen LogP contribution in [0.1, 0.15) is 39.2 Å². The predicted molar refractivity (Wildman–Crippen MR) is 94.9 cm³/mol. The van der Waals surface area contributed by atoms with Crippen LogP contribution in [0.2, 0.25) is 0 Å². The molecule has 1 saturated heterocycles. The maximum Gasteiger partial charge on any atom is 0.261 e. The second-order valence-electron chi connectivity index (χ2n) is 6.98. The zero-order chi connectivity index (χ0) is 17.5. The van der Waals surface area contributed by atoms with Crippen LogP contribution in [0.4, 0.5) is 0 Å². The summed E-state index contributed by atoms with van der Waals surface area (Å²) in [6, 6.07) is 7.27. The zero-order valence-electron chi connectivity index (χ0n) is 15.0. The molecule has 1 amide bonds. The number of nitrogens with zero attached hydrogens (tertiary/aromatic N) is 1. The van der Waals surface area contributed by atoms with Crippen LogP contribution in [0, 0.1) is 5.92 Å². The standard InChI is InChI=1S/C19H30N2O3/c1-14-6-5-9-21(11-14)12-15(2)20-19(23)16(3)24-18-8-4-7-17(10-18)13-22/h4,7-8,10,14-16,22H,5-6,9,11-13H2,1-3H3,(H,20,23). The van der Waals surface area contributed by atoms with Gasteiger partial charge in [0.25, 0.3) is 5.91 Å². The van der Waals surface area contributed by atoms with Crippen LogP contribution in [0.5, 0.6) is 5.75 Å². The summed E-state index contributed by atoms with van der Waals surface area (Å²) in [5.41, 5.74) is 0.771. The third kappa shape index (κ3) is 5.80. The number of likely N-dealkylation sites (tertiary alicyclic amines) is 1. The maximum atomic E-state index is 12.3. The van der Waals surface area contributed by atoms with Crippen LogP contribution < -0.4 is 10.1 Å². The van der Waals surface area contributed by atoms with E-state index in [1.54, 1.807) is 19.1 Å². The van der Waals surface area contributed by atoms with Gasteiger partial charge in [-0.2, -0.15) is 0 Å². The van der Waals surface area contributed by atoms with E-state index >= 15 is 0 Å². The van der Waals surface area contributed by atoms with Gasteiger partial charge in [0.15, 0.2) is 6.10 Å². The topological polar surface area (TPSA) is 61.8 Å². The Bertz CT molecular complexity index is 535. The molecule has 0 aliphatic carbocycles. The molecule has 0 saturated carbocycles. The Balaban J connectivity index is 1.79. The fourth-order valence-electron chi connectivity index (χ4n) is 3.22. The van der Waals surface area contributed by atoms with Crippen molar-refractivity contribution >= 4 is 5.91 Å². The molecule has 1 fully saturated rings. The van der Waals surface area contributed by atoms with Crippen molar-refractivity contribution in [2.24, 2.45) is 5.92 Å². The van der Waals surface area contributed by atoms with Crippen molar-refractivity contribution in [1.29, 1.82) is 0 Å². The summed E-state index contributed by atoms with van der Waals surface area (Å²) in [5, 5.41) is 12.2. The molecule has 24 heavy (non-hydrogen) atoms. The van der Waals surface area contributed by atoms with Gasteiger partial charge >= 0.3 is 0 Å². The van der Waals surface area contributed by atoms with Gasteiger partial charge in [-0.05, 0) is 56.8 Å². The average Bonchev–Trinajstić information content (AvgIpc) is 2.54. The average molecular weight is 334 g/mol. The van der Waals surface area contributed by atoms with E-state index in [1.165, 1.54) is 12.8 Å². The van der Waals surface area contributed by atoms with Crippen LogP contribution in [0.15, 0.2) is 24.3 Å². The lowest BCUT2D eigenvalue weighted by molar-refractivity contribution is -0.128. The first-order valence-corrected chi connectivity index (χ1v) is 8.87. The summed E-state index contributed by atoms with van der Waals surface area (Å²) in [7, 11) is 0. The second kappa shape index (κ2) is 9.04. The van der Waals surface area contributed by atoms with Crippen LogP contribution in [0.3, 0.4) is 0 Å². The summed E-state index contributed by atoms with van der Waals surface area (Å²) >= 11 is 0. The van der Waals surface area contributed by atoms with Crippen molar-refractivity contribution in [2.75, 3.05) is 19.6 Å². The van der Waals surface area contributed by atoms with E-state index in [2.05, 4.69) is 17.1 Å². The van der Waals surface area contributed by atoms with Gasteiger partial charge in [0.2, 0.25) is 0 Å². The molecule has 5 heteroatoms. The summed E-state index contributed by atoms with van der Waals surface area (Å²) in [6.07, 6.45) is 1.97. The number of carbonyl (C=O) groups is 1. The molecule has 0 spiro atoms. The fraction of sp³-hybridized carbons (Fsp3) is 0.632. The molecule has 134 valence electrons.